The Morgan fingerprint density at radius 3 is 2.41 bits per heavy atom. The van der Waals surface area contributed by atoms with E-state index in [9.17, 15) is 10.1 Å². The van der Waals surface area contributed by atoms with Crippen LogP contribution in [0.5, 0.6) is 0 Å². The summed E-state index contributed by atoms with van der Waals surface area (Å²) in [6.45, 7) is 2.82. The topological polar surface area (TPSA) is 99.3 Å². The molecule has 1 aliphatic heterocycles. The molecule has 0 saturated carbocycles. The minimum Gasteiger partial charge on any atom is -0.395 e. The summed E-state index contributed by atoms with van der Waals surface area (Å²) in [5.74, 6) is 0. The Kier molecular flexibility index (Phi) is 5.93. The molecule has 0 aromatic heterocycles. The number of benzene rings is 1. The first kappa shape index (κ1) is 16.5. The number of hydrogen-bond donors (Lipinski definition) is 2. The van der Waals surface area contributed by atoms with Crippen LogP contribution in [0.1, 0.15) is 0 Å². The van der Waals surface area contributed by atoms with Gasteiger partial charge in [-0.05, 0) is 12.1 Å². The standard InChI is InChI=1S/C14H21N3O5/c18-7-3-15(4-8-19)12-1-2-13(14(11-12)17(20)21)16-5-9-22-10-6-16/h1-2,11,18-19H,3-10H2. The first-order chi connectivity index (χ1) is 10.7. The van der Waals surface area contributed by atoms with Gasteiger partial charge in [0.1, 0.15) is 5.69 Å². The van der Waals surface area contributed by atoms with Gasteiger partial charge in [0, 0.05) is 37.9 Å². The molecule has 1 aromatic rings. The van der Waals surface area contributed by atoms with Gasteiger partial charge in [0.15, 0.2) is 0 Å². The van der Waals surface area contributed by atoms with Crippen LogP contribution >= 0.6 is 0 Å². The third-order valence-corrected chi connectivity index (χ3v) is 3.61. The third-order valence-electron chi connectivity index (χ3n) is 3.61. The summed E-state index contributed by atoms with van der Waals surface area (Å²) in [5, 5.41) is 29.5. The van der Waals surface area contributed by atoms with Crippen molar-refractivity contribution in [2.75, 3.05) is 62.4 Å². The van der Waals surface area contributed by atoms with Crippen molar-refractivity contribution in [1.82, 2.24) is 0 Å². The molecule has 0 aliphatic carbocycles. The SMILES string of the molecule is O=[N+]([O-])c1cc(N(CCO)CCO)ccc1N1CCOCC1. The molecule has 0 atom stereocenters. The highest BCUT2D eigenvalue weighted by Crippen LogP contribution is 2.32. The Labute approximate surface area is 128 Å². The lowest BCUT2D eigenvalue weighted by atomic mass is 10.2. The maximum Gasteiger partial charge on any atom is 0.294 e. The zero-order valence-electron chi connectivity index (χ0n) is 12.3. The van der Waals surface area contributed by atoms with Crippen LogP contribution in [0.4, 0.5) is 17.1 Å². The second-order valence-electron chi connectivity index (χ2n) is 4.96. The van der Waals surface area contributed by atoms with Crippen molar-refractivity contribution in [2.45, 2.75) is 0 Å². The maximum absolute atomic E-state index is 11.4. The molecule has 1 aromatic carbocycles. The molecule has 1 aliphatic rings. The lowest BCUT2D eigenvalue weighted by Crippen LogP contribution is -2.36. The summed E-state index contributed by atoms with van der Waals surface area (Å²) in [4.78, 5) is 14.6. The number of aliphatic hydroxyl groups excluding tert-OH is 2. The van der Waals surface area contributed by atoms with Crippen molar-refractivity contribution < 1.29 is 19.9 Å². The van der Waals surface area contributed by atoms with Crippen molar-refractivity contribution in [3.05, 3.63) is 28.3 Å². The van der Waals surface area contributed by atoms with Crippen LogP contribution in [0.3, 0.4) is 0 Å². The minimum atomic E-state index is -0.398. The van der Waals surface area contributed by atoms with Gasteiger partial charge in [-0.1, -0.05) is 0 Å². The van der Waals surface area contributed by atoms with Gasteiger partial charge >= 0.3 is 0 Å². The average Bonchev–Trinajstić information content (AvgIpc) is 2.55. The van der Waals surface area contributed by atoms with E-state index in [2.05, 4.69) is 0 Å². The number of ether oxygens (including phenoxy) is 1. The van der Waals surface area contributed by atoms with Crippen LogP contribution in [0.2, 0.25) is 0 Å². The van der Waals surface area contributed by atoms with E-state index >= 15 is 0 Å². The number of nitro benzene ring substituents is 1. The number of anilines is 2. The molecule has 2 N–H and O–H groups in total. The van der Waals surface area contributed by atoms with Crippen molar-refractivity contribution in [2.24, 2.45) is 0 Å². The van der Waals surface area contributed by atoms with Crippen LogP contribution in [0.15, 0.2) is 18.2 Å². The molecule has 0 bridgehead atoms. The van der Waals surface area contributed by atoms with Gasteiger partial charge in [-0.2, -0.15) is 0 Å². The Balaban J connectivity index is 2.31. The predicted octanol–water partition coefficient (Wildman–Crippen LogP) is 0.222. The molecule has 0 spiro atoms. The summed E-state index contributed by atoms with van der Waals surface area (Å²) in [6, 6.07) is 5.00. The molecular formula is C14H21N3O5. The molecule has 0 amide bonds. The monoisotopic (exact) mass is 311 g/mol. The van der Waals surface area contributed by atoms with E-state index in [-0.39, 0.29) is 18.9 Å². The minimum absolute atomic E-state index is 0.0280. The molecule has 1 heterocycles. The van der Waals surface area contributed by atoms with E-state index in [1.54, 1.807) is 17.0 Å². The molecule has 22 heavy (non-hydrogen) atoms. The van der Waals surface area contributed by atoms with E-state index < -0.39 is 4.92 Å². The van der Waals surface area contributed by atoms with E-state index in [1.165, 1.54) is 6.07 Å². The fourth-order valence-corrected chi connectivity index (χ4v) is 2.54. The number of aliphatic hydroxyl groups is 2. The summed E-state index contributed by atoms with van der Waals surface area (Å²) in [6.07, 6.45) is 0. The summed E-state index contributed by atoms with van der Waals surface area (Å²) in [5.41, 5.74) is 1.22. The highest BCUT2D eigenvalue weighted by molar-refractivity contribution is 5.70. The first-order valence-corrected chi connectivity index (χ1v) is 7.25. The molecule has 8 nitrogen and oxygen atoms in total. The van der Waals surface area contributed by atoms with Crippen LogP contribution < -0.4 is 9.80 Å². The van der Waals surface area contributed by atoms with Crippen LogP contribution in [-0.4, -0.2) is 67.7 Å². The molecule has 0 radical (unpaired) electrons. The Hall–Kier alpha value is -1.90. The zero-order chi connectivity index (χ0) is 15.9. The summed E-state index contributed by atoms with van der Waals surface area (Å²) in [7, 11) is 0. The van der Waals surface area contributed by atoms with Gasteiger partial charge in [0.2, 0.25) is 0 Å². The van der Waals surface area contributed by atoms with E-state index in [0.717, 1.165) is 0 Å². The van der Waals surface area contributed by atoms with Gasteiger partial charge in [0.25, 0.3) is 5.69 Å². The maximum atomic E-state index is 11.4. The Morgan fingerprint density at radius 1 is 1.23 bits per heavy atom. The molecule has 2 rings (SSSR count). The largest absolute Gasteiger partial charge is 0.395 e. The summed E-state index contributed by atoms with van der Waals surface area (Å²) < 4.78 is 5.27. The second-order valence-corrected chi connectivity index (χ2v) is 4.96. The Bertz CT molecular complexity index is 499. The second kappa shape index (κ2) is 7.92. The van der Waals surface area contributed by atoms with Gasteiger partial charge in [-0.15, -0.1) is 0 Å². The highest BCUT2D eigenvalue weighted by Gasteiger charge is 2.23. The third kappa shape index (κ3) is 3.85. The average molecular weight is 311 g/mol. The van der Waals surface area contributed by atoms with E-state index in [4.69, 9.17) is 14.9 Å². The number of nitrogens with zero attached hydrogens (tertiary/aromatic N) is 3. The Morgan fingerprint density at radius 2 is 1.86 bits per heavy atom. The van der Waals surface area contributed by atoms with E-state index in [1.807, 2.05) is 4.90 Å². The van der Waals surface area contributed by atoms with Crippen molar-refractivity contribution >= 4 is 17.1 Å². The number of hydrogen-bond acceptors (Lipinski definition) is 7. The lowest BCUT2D eigenvalue weighted by Gasteiger charge is -2.29. The van der Waals surface area contributed by atoms with Gasteiger partial charge in [-0.25, -0.2) is 0 Å². The molecule has 122 valence electrons. The molecule has 0 unspecified atom stereocenters. The quantitative estimate of drug-likeness (QED) is 0.549. The van der Waals surface area contributed by atoms with E-state index in [0.29, 0.717) is 50.8 Å². The lowest BCUT2D eigenvalue weighted by molar-refractivity contribution is -0.384. The van der Waals surface area contributed by atoms with Crippen LogP contribution in [0.25, 0.3) is 0 Å². The zero-order valence-corrected chi connectivity index (χ0v) is 12.3. The molecule has 1 saturated heterocycles. The predicted molar refractivity (Wildman–Crippen MR) is 82.5 cm³/mol. The van der Waals surface area contributed by atoms with Gasteiger partial charge < -0.3 is 24.7 Å². The van der Waals surface area contributed by atoms with Crippen LogP contribution in [0, 0.1) is 10.1 Å². The highest BCUT2D eigenvalue weighted by atomic mass is 16.6. The molecule has 8 heteroatoms. The normalized spacial score (nSPS) is 14.9. The smallest absolute Gasteiger partial charge is 0.294 e. The number of rotatable bonds is 7. The van der Waals surface area contributed by atoms with Crippen molar-refractivity contribution in [1.29, 1.82) is 0 Å². The van der Waals surface area contributed by atoms with Gasteiger partial charge in [0.05, 0.1) is 31.4 Å². The number of nitro groups is 1. The van der Waals surface area contributed by atoms with Gasteiger partial charge in [-0.3, -0.25) is 10.1 Å². The van der Waals surface area contributed by atoms with Crippen LogP contribution in [-0.2, 0) is 4.74 Å². The fraction of sp³-hybridized carbons (Fsp3) is 0.571. The van der Waals surface area contributed by atoms with Crippen molar-refractivity contribution in [3.8, 4) is 0 Å². The first-order valence-electron chi connectivity index (χ1n) is 7.25. The molecule has 1 fully saturated rings. The summed E-state index contributed by atoms with van der Waals surface area (Å²) >= 11 is 0. The fourth-order valence-electron chi connectivity index (χ4n) is 2.54. The number of morpholine rings is 1. The van der Waals surface area contributed by atoms with Crippen molar-refractivity contribution in [3.63, 3.8) is 0 Å². The molecular weight excluding hydrogens is 290 g/mol.